The lowest BCUT2D eigenvalue weighted by Crippen LogP contribution is -2.54. The predicted octanol–water partition coefficient (Wildman–Crippen LogP) is 5.75. The van der Waals surface area contributed by atoms with E-state index in [4.69, 9.17) is 16.6 Å². The number of carbonyl (C=O) groups excluding carboxylic acids is 2. The Morgan fingerprint density at radius 2 is 1.94 bits per heavy atom. The van der Waals surface area contributed by atoms with E-state index in [0.717, 1.165) is 5.56 Å². The van der Waals surface area contributed by atoms with E-state index < -0.39 is 23.3 Å². The Morgan fingerprint density at radius 3 is 2.66 bits per heavy atom. The minimum Gasteiger partial charge on any atom is -0.339 e. The molecule has 1 aliphatic rings. The quantitative estimate of drug-likeness (QED) is 0.197. The topological polar surface area (TPSA) is 75.2 Å². The zero-order valence-corrected chi connectivity index (χ0v) is 20.5. The van der Waals surface area contributed by atoms with E-state index in [2.05, 4.69) is 23.1 Å². The van der Waals surface area contributed by atoms with Gasteiger partial charge in [-0.1, -0.05) is 48.7 Å². The number of anilines is 2. The van der Waals surface area contributed by atoms with Crippen LogP contribution in [0.3, 0.4) is 0 Å². The molecule has 0 bridgehead atoms. The number of piperidine rings is 1. The van der Waals surface area contributed by atoms with Gasteiger partial charge in [0, 0.05) is 11.4 Å². The fraction of sp³-hybridized carbons (Fsp3) is 0.120. The number of nitrogens with one attached hydrogen (secondary N) is 1. The SMILES string of the molecule is O=C1C[C@@](c2ccsc2)(c2cccc(Nc3ccc(F)nc3)n2)N(S)C(=O)C1c1ccccc1Cl. The van der Waals surface area contributed by atoms with Gasteiger partial charge in [-0.3, -0.25) is 13.9 Å². The maximum Gasteiger partial charge on any atom is 0.248 e. The Hall–Kier alpha value is -3.27. The van der Waals surface area contributed by atoms with Crippen molar-refractivity contribution < 1.29 is 14.0 Å². The van der Waals surface area contributed by atoms with Gasteiger partial charge in [0.25, 0.3) is 0 Å². The number of hydrogen-bond acceptors (Lipinski definition) is 7. The lowest BCUT2D eigenvalue weighted by Gasteiger charge is -2.45. The van der Waals surface area contributed by atoms with E-state index in [1.54, 1.807) is 42.5 Å². The van der Waals surface area contributed by atoms with Gasteiger partial charge in [-0.05, 0) is 58.3 Å². The van der Waals surface area contributed by atoms with Crippen molar-refractivity contribution in [2.24, 2.45) is 0 Å². The molecule has 5 rings (SSSR count). The van der Waals surface area contributed by atoms with Crippen molar-refractivity contribution in [2.45, 2.75) is 17.9 Å². The molecule has 4 aromatic rings. The molecule has 176 valence electrons. The van der Waals surface area contributed by atoms with Crippen LogP contribution in [0.4, 0.5) is 15.9 Å². The summed E-state index contributed by atoms with van der Waals surface area (Å²) in [5.41, 5.74) is 0.954. The Morgan fingerprint density at radius 1 is 1.11 bits per heavy atom. The van der Waals surface area contributed by atoms with Crippen molar-refractivity contribution in [2.75, 3.05) is 5.32 Å². The number of aromatic nitrogens is 2. The number of ketones is 1. The number of benzene rings is 1. The van der Waals surface area contributed by atoms with Crippen molar-refractivity contribution >= 4 is 58.9 Å². The van der Waals surface area contributed by atoms with Crippen LogP contribution < -0.4 is 5.32 Å². The molecule has 0 saturated carbocycles. The molecule has 1 aromatic carbocycles. The number of Topliss-reactive ketones (excluding diaryl/α,β-unsaturated/α-hetero) is 1. The summed E-state index contributed by atoms with van der Waals surface area (Å²) in [6, 6.07) is 16.7. The number of thiophene rings is 1. The molecule has 1 N–H and O–H groups in total. The summed E-state index contributed by atoms with van der Waals surface area (Å²) in [7, 11) is 0. The second kappa shape index (κ2) is 9.41. The standard InChI is InChI=1S/C25H18ClFN4O2S2/c26-18-5-2-1-4-17(18)23-19(32)12-25(31(34)24(23)33,15-10-11-35-14-15)20-6-3-7-22(30-20)29-16-8-9-21(27)28-13-16/h1-11,13-14,23,34H,12H2,(H,29,30)/t23?,25-/m1/s1. The fourth-order valence-corrected chi connectivity index (χ4v) is 5.67. The number of nitrogens with zero attached hydrogens (tertiary/aromatic N) is 3. The monoisotopic (exact) mass is 524 g/mol. The minimum atomic E-state index is -1.23. The second-order valence-corrected chi connectivity index (χ2v) is 9.61. The molecule has 2 atom stereocenters. The lowest BCUT2D eigenvalue weighted by molar-refractivity contribution is -0.142. The lowest BCUT2D eigenvalue weighted by atomic mass is 9.75. The first-order valence-corrected chi connectivity index (χ1v) is 12.3. The van der Waals surface area contributed by atoms with E-state index in [1.807, 2.05) is 16.8 Å². The van der Waals surface area contributed by atoms with Crippen molar-refractivity contribution in [1.82, 2.24) is 14.3 Å². The molecule has 10 heteroatoms. The second-order valence-electron chi connectivity index (χ2n) is 8.02. The first kappa shape index (κ1) is 23.5. The first-order valence-electron chi connectivity index (χ1n) is 10.6. The van der Waals surface area contributed by atoms with E-state index in [9.17, 15) is 14.0 Å². The van der Waals surface area contributed by atoms with E-state index >= 15 is 0 Å². The number of carbonyl (C=O) groups is 2. The van der Waals surface area contributed by atoms with Crippen molar-refractivity contribution in [3.63, 3.8) is 0 Å². The zero-order chi connectivity index (χ0) is 24.6. The molecule has 0 spiro atoms. The van der Waals surface area contributed by atoms with E-state index in [1.165, 1.54) is 34.0 Å². The molecule has 1 unspecified atom stereocenters. The van der Waals surface area contributed by atoms with Crippen molar-refractivity contribution in [1.29, 1.82) is 0 Å². The molecule has 1 amide bonds. The van der Waals surface area contributed by atoms with Gasteiger partial charge >= 0.3 is 0 Å². The van der Waals surface area contributed by atoms with Gasteiger partial charge in [-0.25, -0.2) is 9.97 Å². The summed E-state index contributed by atoms with van der Waals surface area (Å²) in [5, 5.41) is 7.19. The Labute approximate surface area is 215 Å². The van der Waals surface area contributed by atoms with Gasteiger partial charge in [0.1, 0.15) is 17.3 Å². The molecule has 35 heavy (non-hydrogen) atoms. The van der Waals surface area contributed by atoms with Gasteiger partial charge in [-0.2, -0.15) is 15.7 Å². The maximum atomic E-state index is 13.7. The third kappa shape index (κ3) is 4.20. The summed E-state index contributed by atoms with van der Waals surface area (Å²) >= 11 is 12.4. The Bertz CT molecular complexity index is 1400. The van der Waals surface area contributed by atoms with Gasteiger partial charge in [-0.15, -0.1) is 0 Å². The maximum absolute atomic E-state index is 13.7. The molecule has 0 aliphatic carbocycles. The number of amides is 1. The number of hydrogen-bond donors (Lipinski definition) is 2. The third-order valence-corrected chi connectivity index (χ3v) is 7.52. The van der Waals surface area contributed by atoms with Gasteiger partial charge < -0.3 is 5.32 Å². The zero-order valence-electron chi connectivity index (χ0n) is 18.1. The van der Waals surface area contributed by atoms with Crippen molar-refractivity contribution in [3.05, 3.63) is 105 Å². The molecule has 1 aliphatic heterocycles. The molecule has 1 saturated heterocycles. The average Bonchev–Trinajstić information content (AvgIpc) is 3.40. The van der Waals surface area contributed by atoms with Crippen molar-refractivity contribution in [3.8, 4) is 0 Å². The smallest absolute Gasteiger partial charge is 0.248 e. The number of thiol groups is 1. The highest BCUT2D eigenvalue weighted by molar-refractivity contribution is 7.78. The van der Waals surface area contributed by atoms with Crippen LogP contribution in [-0.2, 0) is 15.1 Å². The minimum absolute atomic E-state index is 0.0383. The van der Waals surface area contributed by atoms with Crippen LogP contribution in [0.25, 0.3) is 0 Å². The number of rotatable bonds is 5. The average molecular weight is 525 g/mol. The normalized spacial score (nSPS) is 20.2. The summed E-state index contributed by atoms with van der Waals surface area (Å²) in [6.07, 6.45) is 1.31. The van der Waals surface area contributed by atoms with Crippen LogP contribution in [0.15, 0.2) is 77.6 Å². The van der Waals surface area contributed by atoms with Crippen LogP contribution in [0.5, 0.6) is 0 Å². The van der Waals surface area contributed by atoms with Gasteiger partial charge in [0.05, 0.1) is 17.6 Å². The van der Waals surface area contributed by atoms with Crippen LogP contribution in [0.2, 0.25) is 5.02 Å². The highest BCUT2D eigenvalue weighted by Crippen LogP contribution is 2.48. The molecule has 1 fully saturated rings. The largest absolute Gasteiger partial charge is 0.339 e. The molecular formula is C25H18ClFN4O2S2. The highest BCUT2D eigenvalue weighted by Gasteiger charge is 2.53. The van der Waals surface area contributed by atoms with E-state index in [-0.39, 0.29) is 12.2 Å². The molecule has 3 aromatic heterocycles. The summed E-state index contributed by atoms with van der Waals surface area (Å²) in [5.74, 6) is -1.96. The number of halogens is 2. The van der Waals surface area contributed by atoms with E-state index in [0.29, 0.717) is 27.8 Å². The van der Waals surface area contributed by atoms with Gasteiger partial charge in [0.15, 0.2) is 5.78 Å². The Kier molecular flexibility index (Phi) is 6.31. The highest BCUT2D eigenvalue weighted by atomic mass is 35.5. The third-order valence-electron chi connectivity index (χ3n) is 5.96. The Balaban J connectivity index is 1.58. The molecular weight excluding hydrogens is 507 g/mol. The molecule has 0 radical (unpaired) electrons. The summed E-state index contributed by atoms with van der Waals surface area (Å²) in [6.45, 7) is 0. The summed E-state index contributed by atoms with van der Waals surface area (Å²) < 4.78 is 14.5. The van der Waals surface area contributed by atoms with Crippen LogP contribution >= 0.6 is 35.8 Å². The van der Waals surface area contributed by atoms with Crippen LogP contribution in [0, 0.1) is 5.95 Å². The number of pyridine rings is 2. The predicted molar refractivity (Wildman–Crippen MR) is 136 cm³/mol. The van der Waals surface area contributed by atoms with Crippen LogP contribution in [0.1, 0.15) is 29.2 Å². The first-order chi connectivity index (χ1) is 16.9. The van der Waals surface area contributed by atoms with Gasteiger partial charge in [0.2, 0.25) is 11.9 Å². The molecule has 4 heterocycles. The van der Waals surface area contributed by atoms with Crippen LogP contribution in [-0.4, -0.2) is 26.0 Å². The molecule has 6 nitrogen and oxygen atoms in total. The summed E-state index contributed by atoms with van der Waals surface area (Å²) in [4.78, 5) is 35.6. The fourth-order valence-electron chi connectivity index (χ4n) is 4.30.